The van der Waals surface area contributed by atoms with E-state index in [0.29, 0.717) is 13.0 Å². The van der Waals surface area contributed by atoms with Crippen LogP contribution in [0.1, 0.15) is 61.9 Å². The topological polar surface area (TPSA) is 49.8 Å². The Labute approximate surface area is 145 Å². The Kier molecular flexibility index (Phi) is 6.81. The molecule has 4 heteroatoms. The lowest BCUT2D eigenvalue weighted by Crippen LogP contribution is -2.44. The standard InChI is InChI=1S/C20H31NO3/c1-20(2,23)12-10-16-7-6-8-17(15-16)19(22)21-13-5-4-9-18(21)11-14-24-3/h6-8,15,18,23H,4-5,9-14H2,1-3H3/t18-/m1/s1. The number of piperidine rings is 1. The molecule has 24 heavy (non-hydrogen) atoms. The maximum atomic E-state index is 13.0. The number of ether oxygens (including phenoxy) is 1. The second-order valence-electron chi connectivity index (χ2n) is 7.44. The first-order valence-corrected chi connectivity index (χ1v) is 9.02. The predicted molar refractivity (Wildman–Crippen MR) is 96.2 cm³/mol. The molecule has 4 nitrogen and oxygen atoms in total. The summed E-state index contributed by atoms with van der Waals surface area (Å²) in [6.45, 7) is 5.16. The van der Waals surface area contributed by atoms with Crippen molar-refractivity contribution in [2.24, 2.45) is 0 Å². The van der Waals surface area contributed by atoms with Gasteiger partial charge in [0.25, 0.3) is 5.91 Å². The lowest BCUT2D eigenvalue weighted by molar-refractivity contribution is 0.0553. The maximum absolute atomic E-state index is 13.0. The molecule has 134 valence electrons. The summed E-state index contributed by atoms with van der Waals surface area (Å²) in [4.78, 5) is 15.0. The molecule has 1 fully saturated rings. The Morgan fingerprint density at radius 3 is 2.88 bits per heavy atom. The van der Waals surface area contributed by atoms with Crippen molar-refractivity contribution in [3.05, 3.63) is 35.4 Å². The van der Waals surface area contributed by atoms with Crippen molar-refractivity contribution in [3.8, 4) is 0 Å². The van der Waals surface area contributed by atoms with Crippen molar-refractivity contribution >= 4 is 5.91 Å². The summed E-state index contributed by atoms with van der Waals surface area (Å²) in [7, 11) is 1.71. The minimum atomic E-state index is -0.682. The zero-order chi connectivity index (χ0) is 17.6. The molecule has 0 unspecified atom stereocenters. The zero-order valence-corrected chi connectivity index (χ0v) is 15.3. The average Bonchev–Trinajstić information content (AvgIpc) is 2.57. The van der Waals surface area contributed by atoms with Crippen LogP contribution in [-0.2, 0) is 11.2 Å². The molecule has 1 aliphatic rings. The number of methoxy groups -OCH3 is 1. The SMILES string of the molecule is COCC[C@H]1CCCCN1C(=O)c1cccc(CCC(C)(C)O)c1. The van der Waals surface area contributed by atoms with Gasteiger partial charge in [0, 0.05) is 31.9 Å². The van der Waals surface area contributed by atoms with E-state index in [2.05, 4.69) is 0 Å². The number of amides is 1. The molecule has 1 atom stereocenters. The fourth-order valence-corrected chi connectivity index (χ4v) is 3.30. The molecule has 0 spiro atoms. The van der Waals surface area contributed by atoms with Crippen LogP contribution in [0, 0.1) is 0 Å². The summed E-state index contributed by atoms with van der Waals surface area (Å²) in [5.74, 6) is 0.126. The summed E-state index contributed by atoms with van der Waals surface area (Å²) in [6.07, 6.45) is 5.69. The molecule has 0 saturated carbocycles. The van der Waals surface area contributed by atoms with Gasteiger partial charge < -0.3 is 14.7 Å². The zero-order valence-electron chi connectivity index (χ0n) is 15.3. The highest BCUT2D eigenvalue weighted by Crippen LogP contribution is 2.23. The van der Waals surface area contributed by atoms with E-state index in [1.165, 1.54) is 6.42 Å². The molecule has 1 amide bonds. The van der Waals surface area contributed by atoms with Crippen LogP contribution in [0.4, 0.5) is 0 Å². The van der Waals surface area contributed by atoms with Crippen molar-refractivity contribution < 1.29 is 14.6 Å². The van der Waals surface area contributed by atoms with Crippen molar-refractivity contribution in [2.75, 3.05) is 20.3 Å². The van der Waals surface area contributed by atoms with Gasteiger partial charge in [0.1, 0.15) is 0 Å². The van der Waals surface area contributed by atoms with Crippen molar-refractivity contribution in [2.45, 2.75) is 64.0 Å². The van der Waals surface area contributed by atoms with Crippen LogP contribution in [0.25, 0.3) is 0 Å². The minimum absolute atomic E-state index is 0.126. The quantitative estimate of drug-likeness (QED) is 0.832. The highest BCUT2D eigenvalue weighted by atomic mass is 16.5. The van der Waals surface area contributed by atoms with E-state index in [1.54, 1.807) is 7.11 Å². The summed E-state index contributed by atoms with van der Waals surface area (Å²) in [5, 5.41) is 9.89. The number of rotatable bonds is 7. The van der Waals surface area contributed by atoms with E-state index >= 15 is 0 Å². The number of likely N-dealkylation sites (tertiary alicyclic amines) is 1. The van der Waals surface area contributed by atoms with Gasteiger partial charge in [-0.3, -0.25) is 4.79 Å². The molecular weight excluding hydrogens is 302 g/mol. The number of carbonyl (C=O) groups excluding carboxylic acids is 1. The molecular formula is C20H31NO3. The number of hydrogen-bond acceptors (Lipinski definition) is 3. The summed E-state index contributed by atoms with van der Waals surface area (Å²) in [6, 6.07) is 8.14. The van der Waals surface area contributed by atoms with Gasteiger partial charge in [-0.2, -0.15) is 0 Å². The van der Waals surface area contributed by atoms with E-state index in [1.807, 2.05) is 43.0 Å². The smallest absolute Gasteiger partial charge is 0.254 e. The Morgan fingerprint density at radius 1 is 1.38 bits per heavy atom. The number of carbonyl (C=O) groups is 1. The van der Waals surface area contributed by atoms with Gasteiger partial charge in [0.05, 0.1) is 5.60 Å². The second-order valence-corrected chi connectivity index (χ2v) is 7.44. The average molecular weight is 333 g/mol. The molecule has 0 bridgehead atoms. The summed E-state index contributed by atoms with van der Waals surface area (Å²) < 4.78 is 5.20. The van der Waals surface area contributed by atoms with Crippen LogP contribution < -0.4 is 0 Å². The molecule has 1 aromatic rings. The lowest BCUT2D eigenvalue weighted by Gasteiger charge is -2.36. The van der Waals surface area contributed by atoms with Crippen LogP contribution in [-0.4, -0.2) is 47.8 Å². The van der Waals surface area contributed by atoms with Crippen LogP contribution in [0.5, 0.6) is 0 Å². The molecule has 1 aromatic carbocycles. The number of aliphatic hydroxyl groups is 1. The maximum Gasteiger partial charge on any atom is 0.254 e. The molecule has 1 aliphatic heterocycles. The lowest BCUT2D eigenvalue weighted by atomic mass is 9.96. The highest BCUT2D eigenvalue weighted by molar-refractivity contribution is 5.94. The van der Waals surface area contributed by atoms with Crippen LogP contribution in [0.3, 0.4) is 0 Å². The number of aryl methyl sites for hydroxylation is 1. The first-order valence-electron chi connectivity index (χ1n) is 9.02. The van der Waals surface area contributed by atoms with Crippen molar-refractivity contribution in [1.82, 2.24) is 4.90 Å². The van der Waals surface area contributed by atoms with Crippen molar-refractivity contribution in [3.63, 3.8) is 0 Å². The van der Waals surface area contributed by atoms with E-state index in [0.717, 1.165) is 43.4 Å². The molecule has 1 saturated heterocycles. The molecule has 2 rings (SSSR count). The number of nitrogens with zero attached hydrogens (tertiary/aromatic N) is 1. The Morgan fingerprint density at radius 2 is 2.17 bits per heavy atom. The molecule has 1 heterocycles. The Hall–Kier alpha value is -1.39. The first kappa shape index (κ1) is 18.9. The van der Waals surface area contributed by atoms with Gasteiger partial charge >= 0.3 is 0 Å². The van der Waals surface area contributed by atoms with Gasteiger partial charge in [0.15, 0.2) is 0 Å². The van der Waals surface area contributed by atoms with Crippen molar-refractivity contribution in [1.29, 1.82) is 0 Å². The monoisotopic (exact) mass is 333 g/mol. The third-order valence-corrected chi connectivity index (χ3v) is 4.74. The first-order chi connectivity index (χ1) is 11.4. The Balaban J connectivity index is 2.07. The third-order valence-electron chi connectivity index (χ3n) is 4.74. The van der Waals surface area contributed by atoms with E-state index < -0.39 is 5.60 Å². The van der Waals surface area contributed by atoms with Gasteiger partial charge in [-0.1, -0.05) is 12.1 Å². The normalized spacial score (nSPS) is 18.7. The van der Waals surface area contributed by atoms with Gasteiger partial charge in [-0.15, -0.1) is 0 Å². The highest BCUT2D eigenvalue weighted by Gasteiger charge is 2.27. The minimum Gasteiger partial charge on any atom is -0.390 e. The van der Waals surface area contributed by atoms with E-state index in [9.17, 15) is 9.90 Å². The second kappa shape index (κ2) is 8.63. The van der Waals surface area contributed by atoms with Crippen LogP contribution >= 0.6 is 0 Å². The molecule has 0 aromatic heterocycles. The largest absolute Gasteiger partial charge is 0.390 e. The van der Waals surface area contributed by atoms with E-state index in [-0.39, 0.29) is 11.9 Å². The summed E-state index contributed by atoms with van der Waals surface area (Å²) >= 11 is 0. The van der Waals surface area contributed by atoms with E-state index in [4.69, 9.17) is 4.74 Å². The number of hydrogen-bond donors (Lipinski definition) is 1. The molecule has 0 aliphatic carbocycles. The predicted octanol–water partition coefficient (Wildman–Crippen LogP) is 3.42. The van der Waals surface area contributed by atoms with Crippen LogP contribution in [0.2, 0.25) is 0 Å². The molecule has 0 radical (unpaired) electrons. The summed E-state index contributed by atoms with van der Waals surface area (Å²) in [5.41, 5.74) is 1.18. The van der Waals surface area contributed by atoms with Gasteiger partial charge in [-0.25, -0.2) is 0 Å². The number of benzene rings is 1. The van der Waals surface area contributed by atoms with Gasteiger partial charge in [0.2, 0.25) is 0 Å². The fraction of sp³-hybridized carbons (Fsp3) is 0.650. The van der Waals surface area contributed by atoms with Gasteiger partial charge in [-0.05, 0) is 70.1 Å². The fourth-order valence-electron chi connectivity index (χ4n) is 3.30. The molecule has 1 N–H and O–H groups in total. The van der Waals surface area contributed by atoms with Crippen LogP contribution in [0.15, 0.2) is 24.3 Å². The third kappa shape index (κ3) is 5.60. The Bertz CT molecular complexity index is 536.